The topological polar surface area (TPSA) is 63.8 Å². The molecule has 0 aromatic carbocycles. The van der Waals surface area contributed by atoms with E-state index < -0.39 is 0 Å². The predicted octanol–water partition coefficient (Wildman–Crippen LogP) is 3.05. The molecule has 0 spiro atoms. The molecule has 20 heavy (non-hydrogen) atoms. The number of hydrogen-bond donors (Lipinski definition) is 1. The summed E-state index contributed by atoms with van der Waals surface area (Å²) in [6, 6.07) is 0. The number of aliphatic hydroxyl groups is 1. The second kappa shape index (κ2) is 7.19. The number of thiazole rings is 1. The maximum Gasteiger partial charge on any atom is 0.191 e. The molecule has 7 heteroatoms. The minimum absolute atomic E-state index is 0.0677. The molecule has 0 fully saturated rings. The van der Waals surface area contributed by atoms with Crippen molar-refractivity contribution in [2.24, 2.45) is 0 Å². The minimum Gasteiger partial charge on any atom is -0.388 e. The first kappa shape index (κ1) is 15.5. The highest BCUT2D eigenvalue weighted by molar-refractivity contribution is 7.98. The van der Waals surface area contributed by atoms with Crippen LogP contribution in [0.15, 0.2) is 10.5 Å². The van der Waals surface area contributed by atoms with E-state index in [0.29, 0.717) is 11.7 Å². The Bertz CT molecular complexity index is 550. The van der Waals surface area contributed by atoms with Gasteiger partial charge in [-0.3, -0.25) is 0 Å². The molecule has 5 nitrogen and oxygen atoms in total. The molecule has 0 aliphatic heterocycles. The van der Waals surface area contributed by atoms with E-state index >= 15 is 0 Å². The third kappa shape index (κ3) is 3.59. The molecular formula is C13H20N4OS2. The Morgan fingerprint density at radius 1 is 1.40 bits per heavy atom. The second-order valence-corrected chi connectivity index (χ2v) is 6.66. The third-order valence-corrected chi connectivity index (χ3v) is 4.99. The van der Waals surface area contributed by atoms with Gasteiger partial charge < -0.3 is 9.67 Å². The SMILES string of the molecule is CCCn1c(CO)nnc1SCc1csc(C(C)C)n1. The molecule has 1 N–H and O–H groups in total. The van der Waals surface area contributed by atoms with Gasteiger partial charge in [-0.1, -0.05) is 32.5 Å². The zero-order chi connectivity index (χ0) is 14.5. The van der Waals surface area contributed by atoms with Crippen LogP contribution in [0, 0.1) is 0 Å². The van der Waals surface area contributed by atoms with Crippen LogP contribution in [0.1, 0.15) is 49.6 Å². The molecule has 2 rings (SSSR count). The van der Waals surface area contributed by atoms with Crippen molar-refractivity contribution in [3.05, 3.63) is 21.9 Å². The average molecular weight is 312 g/mol. The van der Waals surface area contributed by atoms with Gasteiger partial charge in [-0.25, -0.2) is 4.98 Å². The Balaban J connectivity index is 2.04. The summed E-state index contributed by atoms with van der Waals surface area (Å²) in [7, 11) is 0. The molecule has 0 saturated heterocycles. The Labute approximate surface area is 127 Å². The Hall–Kier alpha value is -0.920. The number of aliphatic hydroxyl groups excluding tert-OH is 1. The standard InChI is InChI=1S/C13H20N4OS2/c1-4-5-17-11(6-18)15-16-13(17)20-8-10-7-19-12(14-10)9(2)3/h7,9,18H,4-6,8H2,1-3H3. The summed E-state index contributed by atoms with van der Waals surface area (Å²) in [6.07, 6.45) is 0.993. The van der Waals surface area contributed by atoms with Gasteiger partial charge in [0.25, 0.3) is 0 Å². The Kier molecular flexibility index (Phi) is 5.56. The molecule has 0 aliphatic rings. The van der Waals surface area contributed by atoms with E-state index in [1.807, 2.05) is 4.57 Å². The quantitative estimate of drug-likeness (QED) is 0.796. The van der Waals surface area contributed by atoms with E-state index in [0.717, 1.165) is 29.6 Å². The van der Waals surface area contributed by atoms with Gasteiger partial charge in [0.15, 0.2) is 11.0 Å². The molecule has 2 heterocycles. The van der Waals surface area contributed by atoms with Crippen LogP contribution in [0.3, 0.4) is 0 Å². The van der Waals surface area contributed by atoms with Gasteiger partial charge in [0.1, 0.15) is 6.61 Å². The van der Waals surface area contributed by atoms with E-state index in [9.17, 15) is 5.11 Å². The van der Waals surface area contributed by atoms with Crippen molar-refractivity contribution in [1.82, 2.24) is 19.7 Å². The molecule has 0 unspecified atom stereocenters. The highest BCUT2D eigenvalue weighted by atomic mass is 32.2. The highest BCUT2D eigenvalue weighted by Gasteiger charge is 2.12. The highest BCUT2D eigenvalue weighted by Crippen LogP contribution is 2.25. The van der Waals surface area contributed by atoms with Crippen LogP contribution < -0.4 is 0 Å². The molecule has 2 aromatic heterocycles. The van der Waals surface area contributed by atoms with Gasteiger partial charge in [0.05, 0.1) is 10.7 Å². The lowest BCUT2D eigenvalue weighted by Gasteiger charge is -2.06. The van der Waals surface area contributed by atoms with Crippen molar-refractivity contribution in [2.75, 3.05) is 0 Å². The van der Waals surface area contributed by atoms with Crippen LogP contribution in [-0.4, -0.2) is 24.9 Å². The summed E-state index contributed by atoms with van der Waals surface area (Å²) in [5.41, 5.74) is 1.08. The molecule has 110 valence electrons. The molecule has 0 aliphatic carbocycles. The van der Waals surface area contributed by atoms with Crippen molar-refractivity contribution in [3.63, 3.8) is 0 Å². The lowest BCUT2D eigenvalue weighted by Crippen LogP contribution is -2.04. The van der Waals surface area contributed by atoms with Crippen LogP contribution in [0.5, 0.6) is 0 Å². The molecule has 2 aromatic rings. The number of rotatable bonds is 7. The van der Waals surface area contributed by atoms with E-state index in [1.165, 1.54) is 5.01 Å². The lowest BCUT2D eigenvalue weighted by molar-refractivity contribution is 0.263. The maximum atomic E-state index is 9.26. The van der Waals surface area contributed by atoms with Gasteiger partial charge in [-0.2, -0.15) is 0 Å². The maximum absolute atomic E-state index is 9.26. The van der Waals surface area contributed by atoms with Crippen molar-refractivity contribution in [1.29, 1.82) is 0 Å². The predicted molar refractivity (Wildman–Crippen MR) is 82.0 cm³/mol. The average Bonchev–Trinajstić information content (AvgIpc) is 3.03. The van der Waals surface area contributed by atoms with Crippen molar-refractivity contribution in [2.45, 2.75) is 57.2 Å². The summed E-state index contributed by atoms with van der Waals surface area (Å²) >= 11 is 3.33. The number of nitrogens with zero attached hydrogens (tertiary/aromatic N) is 4. The first-order valence-electron chi connectivity index (χ1n) is 6.75. The van der Waals surface area contributed by atoms with Gasteiger partial charge in [-0.05, 0) is 6.42 Å². The van der Waals surface area contributed by atoms with Crippen LogP contribution >= 0.6 is 23.1 Å². The summed E-state index contributed by atoms with van der Waals surface area (Å²) < 4.78 is 1.99. The molecule has 0 radical (unpaired) electrons. The molecule has 0 amide bonds. The first-order chi connectivity index (χ1) is 9.65. The number of hydrogen-bond acceptors (Lipinski definition) is 6. The van der Waals surface area contributed by atoms with E-state index in [4.69, 9.17) is 0 Å². The monoisotopic (exact) mass is 312 g/mol. The Morgan fingerprint density at radius 2 is 2.20 bits per heavy atom. The summed E-state index contributed by atoms with van der Waals surface area (Å²) in [5, 5.41) is 21.6. The zero-order valence-corrected chi connectivity index (χ0v) is 13.7. The fourth-order valence-electron chi connectivity index (χ4n) is 1.78. The second-order valence-electron chi connectivity index (χ2n) is 4.83. The molecule has 0 atom stereocenters. The summed E-state index contributed by atoms with van der Waals surface area (Å²) in [5.74, 6) is 1.90. The lowest BCUT2D eigenvalue weighted by atomic mass is 10.2. The first-order valence-corrected chi connectivity index (χ1v) is 8.62. The number of aromatic nitrogens is 4. The van der Waals surface area contributed by atoms with Gasteiger partial charge in [0, 0.05) is 23.6 Å². The molecular weight excluding hydrogens is 292 g/mol. The van der Waals surface area contributed by atoms with Crippen LogP contribution in [-0.2, 0) is 18.9 Å². The van der Waals surface area contributed by atoms with Crippen molar-refractivity contribution >= 4 is 23.1 Å². The van der Waals surface area contributed by atoms with E-state index in [-0.39, 0.29) is 6.61 Å². The summed E-state index contributed by atoms with van der Waals surface area (Å²) in [6.45, 7) is 7.18. The largest absolute Gasteiger partial charge is 0.388 e. The molecule has 0 saturated carbocycles. The fourth-order valence-corrected chi connectivity index (χ4v) is 3.60. The molecule has 0 bridgehead atoms. The third-order valence-electron chi connectivity index (χ3n) is 2.79. The van der Waals surface area contributed by atoms with E-state index in [1.54, 1.807) is 23.1 Å². The van der Waals surface area contributed by atoms with Gasteiger partial charge in [0.2, 0.25) is 0 Å². The number of thioether (sulfide) groups is 1. The van der Waals surface area contributed by atoms with Gasteiger partial charge in [-0.15, -0.1) is 21.5 Å². The Morgan fingerprint density at radius 3 is 2.80 bits per heavy atom. The summed E-state index contributed by atoms with van der Waals surface area (Å²) in [4.78, 5) is 4.62. The van der Waals surface area contributed by atoms with Crippen LogP contribution in [0.2, 0.25) is 0 Å². The van der Waals surface area contributed by atoms with Gasteiger partial charge >= 0.3 is 0 Å². The minimum atomic E-state index is -0.0677. The normalized spacial score (nSPS) is 11.4. The smallest absolute Gasteiger partial charge is 0.191 e. The van der Waals surface area contributed by atoms with Crippen molar-refractivity contribution in [3.8, 4) is 0 Å². The van der Waals surface area contributed by atoms with Crippen molar-refractivity contribution < 1.29 is 5.11 Å². The van der Waals surface area contributed by atoms with Crippen LogP contribution in [0.25, 0.3) is 0 Å². The van der Waals surface area contributed by atoms with Crippen LogP contribution in [0.4, 0.5) is 0 Å². The van der Waals surface area contributed by atoms with E-state index in [2.05, 4.69) is 41.3 Å². The zero-order valence-electron chi connectivity index (χ0n) is 12.0. The fraction of sp³-hybridized carbons (Fsp3) is 0.615.